The quantitative estimate of drug-likeness (QED) is 0.668. The molecule has 1 aliphatic carbocycles. The number of nitrogens with two attached hydrogens (primary N) is 1. The highest BCUT2D eigenvalue weighted by atomic mass is 16.2. The SMILES string of the molecule is CC1(C)C(=O)NCCN1C(=O)[C@H]1CC[C@H](N)C1. The molecule has 2 rings (SSSR count). The van der Waals surface area contributed by atoms with E-state index < -0.39 is 5.54 Å². The second kappa shape index (κ2) is 4.29. The summed E-state index contributed by atoms with van der Waals surface area (Å²) in [5, 5.41) is 2.80. The lowest BCUT2D eigenvalue weighted by molar-refractivity contribution is -0.151. The fourth-order valence-electron chi connectivity index (χ4n) is 2.75. The summed E-state index contributed by atoms with van der Waals surface area (Å²) in [5.74, 6) is 0.0346. The van der Waals surface area contributed by atoms with E-state index in [4.69, 9.17) is 5.73 Å². The third kappa shape index (κ3) is 2.16. The van der Waals surface area contributed by atoms with E-state index in [1.165, 1.54) is 0 Å². The number of hydrogen-bond acceptors (Lipinski definition) is 3. The Morgan fingerprint density at radius 2 is 2.18 bits per heavy atom. The van der Waals surface area contributed by atoms with Crippen molar-refractivity contribution in [2.24, 2.45) is 11.7 Å². The lowest BCUT2D eigenvalue weighted by Gasteiger charge is -2.42. The van der Waals surface area contributed by atoms with Gasteiger partial charge in [-0.3, -0.25) is 9.59 Å². The van der Waals surface area contributed by atoms with E-state index in [1.54, 1.807) is 18.7 Å². The second-order valence-corrected chi connectivity index (χ2v) is 5.57. The molecule has 0 spiro atoms. The number of carbonyl (C=O) groups excluding carboxylic acids is 2. The largest absolute Gasteiger partial charge is 0.352 e. The summed E-state index contributed by atoms with van der Waals surface area (Å²) in [6, 6.07) is 0.144. The molecule has 0 aromatic heterocycles. The molecule has 3 N–H and O–H groups in total. The molecule has 1 saturated heterocycles. The van der Waals surface area contributed by atoms with Gasteiger partial charge in [-0.05, 0) is 33.1 Å². The Morgan fingerprint density at radius 1 is 1.47 bits per heavy atom. The van der Waals surface area contributed by atoms with E-state index in [1.807, 2.05) is 0 Å². The predicted octanol–water partition coefficient (Wildman–Crippen LogP) is -0.149. The smallest absolute Gasteiger partial charge is 0.245 e. The summed E-state index contributed by atoms with van der Waals surface area (Å²) < 4.78 is 0. The summed E-state index contributed by atoms with van der Waals surface area (Å²) in [7, 11) is 0. The van der Waals surface area contributed by atoms with Gasteiger partial charge in [-0.2, -0.15) is 0 Å². The molecule has 96 valence electrons. The molecule has 5 nitrogen and oxygen atoms in total. The summed E-state index contributed by atoms with van der Waals surface area (Å²) in [6.45, 7) is 4.75. The summed E-state index contributed by atoms with van der Waals surface area (Å²) in [4.78, 5) is 25.9. The standard InChI is InChI=1S/C12H21N3O2/c1-12(2)11(17)14-5-6-15(12)10(16)8-3-4-9(13)7-8/h8-9H,3-7,13H2,1-2H3,(H,14,17)/t8-,9-/m0/s1. The molecular weight excluding hydrogens is 218 g/mol. The monoisotopic (exact) mass is 239 g/mol. The van der Waals surface area contributed by atoms with E-state index in [9.17, 15) is 9.59 Å². The molecule has 0 aromatic rings. The Hall–Kier alpha value is -1.10. The molecule has 0 unspecified atom stereocenters. The fraction of sp³-hybridized carbons (Fsp3) is 0.833. The number of carbonyl (C=O) groups is 2. The van der Waals surface area contributed by atoms with Crippen molar-refractivity contribution in [3.05, 3.63) is 0 Å². The van der Waals surface area contributed by atoms with Crippen LogP contribution < -0.4 is 11.1 Å². The number of piperazine rings is 1. The van der Waals surface area contributed by atoms with Gasteiger partial charge in [0.1, 0.15) is 5.54 Å². The van der Waals surface area contributed by atoms with Gasteiger partial charge in [0, 0.05) is 25.0 Å². The van der Waals surface area contributed by atoms with Gasteiger partial charge in [0.25, 0.3) is 0 Å². The normalized spacial score (nSPS) is 32.4. The molecule has 17 heavy (non-hydrogen) atoms. The molecule has 1 heterocycles. The summed E-state index contributed by atoms with van der Waals surface area (Å²) in [5.41, 5.74) is 5.10. The summed E-state index contributed by atoms with van der Waals surface area (Å²) in [6.07, 6.45) is 2.53. The predicted molar refractivity (Wildman–Crippen MR) is 64.1 cm³/mol. The van der Waals surface area contributed by atoms with Gasteiger partial charge in [0.15, 0.2) is 0 Å². The molecule has 1 aliphatic heterocycles. The van der Waals surface area contributed by atoms with Crippen LogP contribution in [0.4, 0.5) is 0 Å². The first-order valence-corrected chi connectivity index (χ1v) is 6.28. The average Bonchev–Trinajstić information content (AvgIpc) is 2.68. The molecule has 5 heteroatoms. The van der Waals surface area contributed by atoms with Gasteiger partial charge in [-0.1, -0.05) is 0 Å². The van der Waals surface area contributed by atoms with Crippen molar-refractivity contribution < 1.29 is 9.59 Å². The van der Waals surface area contributed by atoms with Crippen LogP contribution in [0.15, 0.2) is 0 Å². The molecule has 0 radical (unpaired) electrons. The highest BCUT2D eigenvalue weighted by Gasteiger charge is 2.43. The fourth-order valence-corrected chi connectivity index (χ4v) is 2.75. The molecule has 2 atom stereocenters. The van der Waals surface area contributed by atoms with Crippen molar-refractivity contribution in [2.45, 2.75) is 44.7 Å². The Balaban J connectivity index is 2.10. The Kier molecular flexibility index (Phi) is 3.12. The van der Waals surface area contributed by atoms with E-state index in [0.717, 1.165) is 19.3 Å². The number of nitrogens with zero attached hydrogens (tertiary/aromatic N) is 1. The van der Waals surface area contributed by atoms with Crippen LogP contribution in [0.25, 0.3) is 0 Å². The average molecular weight is 239 g/mol. The Labute approximate surface area is 102 Å². The van der Waals surface area contributed by atoms with Gasteiger partial charge >= 0.3 is 0 Å². The molecule has 0 aromatic carbocycles. The zero-order chi connectivity index (χ0) is 12.6. The maximum atomic E-state index is 12.4. The number of nitrogens with one attached hydrogen (secondary N) is 1. The van der Waals surface area contributed by atoms with Crippen LogP contribution in [0.5, 0.6) is 0 Å². The molecule has 0 bridgehead atoms. The number of hydrogen-bond donors (Lipinski definition) is 2. The Bertz CT molecular complexity index is 341. The lowest BCUT2D eigenvalue weighted by Crippen LogP contribution is -2.64. The minimum absolute atomic E-state index is 0.00942. The highest BCUT2D eigenvalue weighted by Crippen LogP contribution is 2.29. The Morgan fingerprint density at radius 3 is 2.76 bits per heavy atom. The van der Waals surface area contributed by atoms with Crippen molar-refractivity contribution in [1.82, 2.24) is 10.2 Å². The maximum Gasteiger partial charge on any atom is 0.245 e. The highest BCUT2D eigenvalue weighted by molar-refractivity contribution is 5.92. The van der Waals surface area contributed by atoms with Crippen LogP contribution in [0.1, 0.15) is 33.1 Å². The summed E-state index contributed by atoms with van der Waals surface area (Å²) >= 11 is 0. The first-order valence-electron chi connectivity index (χ1n) is 6.28. The van der Waals surface area contributed by atoms with Crippen LogP contribution in [0, 0.1) is 5.92 Å². The molecule has 2 amide bonds. The third-order valence-corrected chi connectivity index (χ3v) is 3.94. The second-order valence-electron chi connectivity index (χ2n) is 5.57. The zero-order valence-electron chi connectivity index (χ0n) is 10.5. The van der Waals surface area contributed by atoms with Crippen LogP contribution in [0.2, 0.25) is 0 Å². The van der Waals surface area contributed by atoms with Gasteiger partial charge in [0.05, 0.1) is 0 Å². The molecule has 1 saturated carbocycles. The number of amides is 2. The van der Waals surface area contributed by atoms with Crippen molar-refractivity contribution >= 4 is 11.8 Å². The van der Waals surface area contributed by atoms with Crippen molar-refractivity contribution in [3.8, 4) is 0 Å². The van der Waals surface area contributed by atoms with Crippen LogP contribution in [-0.2, 0) is 9.59 Å². The van der Waals surface area contributed by atoms with Crippen LogP contribution >= 0.6 is 0 Å². The maximum absolute atomic E-state index is 12.4. The van der Waals surface area contributed by atoms with Gasteiger partial charge in [0.2, 0.25) is 11.8 Å². The minimum atomic E-state index is -0.734. The van der Waals surface area contributed by atoms with Crippen LogP contribution in [-0.4, -0.2) is 41.4 Å². The van der Waals surface area contributed by atoms with Gasteiger partial charge in [-0.15, -0.1) is 0 Å². The van der Waals surface area contributed by atoms with Crippen molar-refractivity contribution in [2.75, 3.05) is 13.1 Å². The van der Waals surface area contributed by atoms with Gasteiger partial charge in [-0.25, -0.2) is 0 Å². The van der Waals surface area contributed by atoms with Crippen LogP contribution in [0.3, 0.4) is 0 Å². The third-order valence-electron chi connectivity index (χ3n) is 3.94. The van der Waals surface area contributed by atoms with E-state index in [0.29, 0.717) is 13.1 Å². The van der Waals surface area contributed by atoms with Crippen molar-refractivity contribution in [3.63, 3.8) is 0 Å². The lowest BCUT2D eigenvalue weighted by atomic mass is 9.95. The molecular formula is C12H21N3O2. The minimum Gasteiger partial charge on any atom is -0.352 e. The first-order chi connectivity index (χ1) is 7.93. The van der Waals surface area contributed by atoms with E-state index in [2.05, 4.69) is 5.32 Å². The first kappa shape index (κ1) is 12.4. The molecule has 2 aliphatic rings. The topological polar surface area (TPSA) is 75.4 Å². The molecule has 2 fully saturated rings. The zero-order valence-corrected chi connectivity index (χ0v) is 10.5. The van der Waals surface area contributed by atoms with Crippen molar-refractivity contribution in [1.29, 1.82) is 0 Å². The van der Waals surface area contributed by atoms with E-state index in [-0.39, 0.29) is 23.8 Å². The van der Waals surface area contributed by atoms with E-state index >= 15 is 0 Å². The van der Waals surface area contributed by atoms with Gasteiger partial charge < -0.3 is 16.0 Å². The number of rotatable bonds is 1.